The second-order valence-corrected chi connectivity index (χ2v) is 4.59. The van der Waals surface area contributed by atoms with Gasteiger partial charge in [0.2, 0.25) is 5.91 Å². The number of rotatable bonds is 1. The van der Waals surface area contributed by atoms with Crippen LogP contribution in [-0.2, 0) is 9.53 Å². The van der Waals surface area contributed by atoms with Gasteiger partial charge in [-0.15, -0.1) is 0 Å². The fraction of sp³-hybridized carbons (Fsp3) is 0.357. The number of nitrogens with one attached hydrogen (secondary N) is 1. The van der Waals surface area contributed by atoms with Gasteiger partial charge in [0.15, 0.2) is 0 Å². The summed E-state index contributed by atoms with van der Waals surface area (Å²) < 4.78 is 5.32. The van der Waals surface area contributed by atoms with Crippen molar-refractivity contribution < 1.29 is 9.53 Å². The summed E-state index contributed by atoms with van der Waals surface area (Å²) in [4.78, 5) is 13.4. The molecule has 0 unspecified atom stereocenters. The zero-order valence-electron chi connectivity index (χ0n) is 10.4. The Morgan fingerprint density at radius 2 is 2.28 bits per heavy atom. The average Bonchev–Trinajstić information content (AvgIpc) is 2.44. The molecule has 0 radical (unpaired) electrons. The van der Waals surface area contributed by atoms with Crippen LogP contribution in [-0.4, -0.2) is 32.7 Å². The number of fused-ring (bicyclic) bond motifs is 1. The van der Waals surface area contributed by atoms with Crippen LogP contribution in [0.15, 0.2) is 24.3 Å². The summed E-state index contributed by atoms with van der Waals surface area (Å²) in [6.07, 6.45) is 3.05. The molecule has 1 N–H and O–H groups in total. The zero-order chi connectivity index (χ0) is 12.5. The summed E-state index contributed by atoms with van der Waals surface area (Å²) in [6.45, 7) is 1.83. The maximum atomic E-state index is 11.7. The van der Waals surface area contributed by atoms with Crippen molar-refractivity contribution in [3.05, 3.63) is 29.8 Å². The molecule has 0 spiro atoms. The molecule has 18 heavy (non-hydrogen) atoms. The Balaban J connectivity index is 1.99. The number of ether oxygens (including phenoxy) is 1. The van der Waals surface area contributed by atoms with Crippen LogP contribution in [0.1, 0.15) is 12.0 Å². The van der Waals surface area contributed by atoms with Crippen LogP contribution in [0.3, 0.4) is 0 Å². The number of carbonyl (C=O) groups excluding carboxylic acids is 1. The topological polar surface area (TPSA) is 41.6 Å². The van der Waals surface area contributed by atoms with E-state index in [2.05, 4.69) is 23.5 Å². The molecule has 94 valence electrons. The molecule has 0 bridgehead atoms. The molecule has 0 aromatic heterocycles. The van der Waals surface area contributed by atoms with Gasteiger partial charge < -0.3 is 15.0 Å². The maximum absolute atomic E-state index is 11.7. The third kappa shape index (κ3) is 1.88. The lowest BCUT2D eigenvalue weighted by atomic mass is 9.99. The van der Waals surface area contributed by atoms with Crippen molar-refractivity contribution in [3.8, 4) is 0 Å². The summed E-state index contributed by atoms with van der Waals surface area (Å²) in [5, 5.41) is 3.14. The normalized spacial score (nSPS) is 19.1. The van der Waals surface area contributed by atoms with E-state index in [1.54, 1.807) is 4.90 Å². The van der Waals surface area contributed by atoms with E-state index >= 15 is 0 Å². The van der Waals surface area contributed by atoms with Gasteiger partial charge in [0.1, 0.15) is 0 Å². The van der Waals surface area contributed by atoms with E-state index < -0.39 is 0 Å². The minimum atomic E-state index is 0.0978. The first-order valence-electron chi connectivity index (χ1n) is 6.17. The Kier molecular flexibility index (Phi) is 2.80. The van der Waals surface area contributed by atoms with Crippen molar-refractivity contribution in [2.24, 2.45) is 0 Å². The molecule has 0 aliphatic carbocycles. The molecule has 3 rings (SSSR count). The second kappa shape index (κ2) is 4.46. The highest BCUT2D eigenvalue weighted by Crippen LogP contribution is 2.33. The fourth-order valence-electron chi connectivity index (χ4n) is 2.37. The Morgan fingerprint density at radius 3 is 3.06 bits per heavy atom. The van der Waals surface area contributed by atoms with E-state index in [0.717, 1.165) is 24.4 Å². The fourth-order valence-corrected chi connectivity index (χ4v) is 2.37. The summed E-state index contributed by atoms with van der Waals surface area (Å²) in [6, 6.07) is 6.23. The van der Waals surface area contributed by atoms with Gasteiger partial charge in [0, 0.05) is 7.05 Å². The van der Waals surface area contributed by atoms with Gasteiger partial charge in [-0.05, 0) is 29.7 Å². The lowest BCUT2D eigenvalue weighted by molar-refractivity contribution is -0.116. The highest BCUT2D eigenvalue weighted by atomic mass is 16.5. The van der Waals surface area contributed by atoms with E-state index in [-0.39, 0.29) is 5.91 Å². The molecule has 0 saturated carbocycles. The third-order valence-electron chi connectivity index (χ3n) is 3.50. The van der Waals surface area contributed by atoms with Gasteiger partial charge >= 0.3 is 0 Å². The lowest BCUT2D eigenvalue weighted by Crippen LogP contribution is -2.36. The van der Waals surface area contributed by atoms with Crippen molar-refractivity contribution in [3.63, 3.8) is 0 Å². The van der Waals surface area contributed by atoms with Crippen LogP contribution < -0.4 is 10.2 Å². The van der Waals surface area contributed by atoms with Gasteiger partial charge in [-0.25, -0.2) is 0 Å². The maximum Gasteiger partial charge on any atom is 0.246 e. The standard InChI is InChI=1S/C14H16N2O2/c1-16-13-8-11(10-4-6-18-7-5-10)2-3-12(13)15-9-14(16)17/h2-4,8,15H,5-7,9H2,1H3. The summed E-state index contributed by atoms with van der Waals surface area (Å²) in [7, 11) is 1.82. The number of benzene rings is 1. The molecule has 1 amide bonds. The third-order valence-corrected chi connectivity index (χ3v) is 3.50. The molecule has 0 saturated heterocycles. The molecule has 1 aromatic rings. The Hall–Kier alpha value is -1.81. The van der Waals surface area contributed by atoms with Crippen LogP contribution in [0.25, 0.3) is 5.57 Å². The summed E-state index contributed by atoms with van der Waals surface area (Å²) in [5.74, 6) is 0.0978. The van der Waals surface area contributed by atoms with Crippen molar-refractivity contribution >= 4 is 22.9 Å². The van der Waals surface area contributed by atoms with Gasteiger partial charge in [-0.1, -0.05) is 12.1 Å². The molecular formula is C14H16N2O2. The predicted molar refractivity (Wildman–Crippen MR) is 71.8 cm³/mol. The molecule has 2 heterocycles. The molecule has 4 heteroatoms. The first-order chi connectivity index (χ1) is 8.75. The van der Waals surface area contributed by atoms with Gasteiger partial charge in [-0.3, -0.25) is 4.79 Å². The zero-order valence-corrected chi connectivity index (χ0v) is 10.4. The van der Waals surface area contributed by atoms with E-state index in [1.807, 2.05) is 13.1 Å². The van der Waals surface area contributed by atoms with Gasteiger partial charge in [-0.2, -0.15) is 0 Å². The lowest BCUT2D eigenvalue weighted by Gasteiger charge is -2.27. The van der Waals surface area contributed by atoms with Crippen molar-refractivity contribution in [2.45, 2.75) is 6.42 Å². The summed E-state index contributed by atoms with van der Waals surface area (Å²) >= 11 is 0. The number of nitrogens with zero attached hydrogens (tertiary/aromatic N) is 1. The molecule has 0 fully saturated rings. The number of hydrogen-bond acceptors (Lipinski definition) is 3. The number of likely N-dealkylation sites (N-methyl/N-ethyl adjacent to an activating group) is 1. The smallest absolute Gasteiger partial charge is 0.246 e. The Morgan fingerprint density at radius 1 is 1.39 bits per heavy atom. The number of anilines is 2. The second-order valence-electron chi connectivity index (χ2n) is 4.59. The SMILES string of the molecule is CN1C(=O)CNc2ccc(C3=CCOCC3)cc21. The van der Waals surface area contributed by atoms with Crippen LogP contribution in [0.2, 0.25) is 0 Å². The minimum Gasteiger partial charge on any atom is -0.377 e. The first kappa shape index (κ1) is 11.3. The van der Waals surface area contributed by atoms with Crippen LogP contribution in [0, 0.1) is 0 Å². The number of carbonyl (C=O) groups is 1. The van der Waals surface area contributed by atoms with Crippen molar-refractivity contribution in [2.75, 3.05) is 37.0 Å². The van der Waals surface area contributed by atoms with E-state index in [0.29, 0.717) is 13.2 Å². The van der Waals surface area contributed by atoms with Gasteiger partial charge in [0.25, 0.3) is 0 Å². The number of amides is 1. The number of hydrogen-bond donors (Lipinski definition) is 1. The quantitative estimate of drug-likeness (QED) is 0.820. The van der Waals surface area contributed by atoms with E-state index in [4.69, 9.17) is 4.74 Å². The van der Waals surface area contributed by atoms with Crippen LogP contribution >= 0.6 is 0 Å². The molecule has 0 atom stereocenters. The molecule has 4 nitrogen and oxygen atoms in total. The van der Waals surface area contributed by atoms with Gasteiger partial charge in [0.05, 0.1) is 31.1 Å². The van der Waals surface area contributed by atoms with Crippen LogP contribution in [0.4, 0.5) is 11.4 Å². The average molecular weight is 244 g/mol. The largest absolute Gasteiger partial charge is 0.377 e. The van der Waals surface area contributed by atoms with E-state index in [1.165, 1.54) is 11.1 Å². The monoisotopic (exact) mass is 244 g/mol. The molecular weight excluding hydrogens is 228 g/mol. The molecule has 2 aliphatic heterocycles. The molecule has 2 aliphatic rings. The Bertz CT molecular complexity index is 523. The highest BCUT2D eigenvalue weighted by Gasteiger charge is 2.21. The molecule has 1 aromatic carbocycles. The summed E-state index contributed by atoms with van der Waals surface area (Å²) in [5.41, 5.74) is 4.46. The minimum absolute atomic E-state index is 0.0978. The van der Waals surface area contributed by atoms with Crippen molar-refractivity contribution in [1.82, 2.24) is 0 Å². The highest BCUT2D eigenvalue weighted by molar-refractivity contribution is 6.02. The first-order valence-corrected chi connectivity index (χ1v) is 6.17. The van der Waals surface area contributed by atoms with E-state index in [9.17, 15) is 4.79 Å². The van der Waals surface area contributed by atoms with Crippen molar-refractivity contribution in [1.29, 1.82) is 0 Å². The van der Waals surface area contributed by atoms with Crippen LogP contribution in [0.5, 0.6) is 0 Å². The Labute approximate surface area is 106 Å². The predicted octanol–water partition coefficient (Wildman–Crippen LogP) is 1.88.